The first-order valence-corrected chi connectivity index (χ1v) is 9.99. The second kappa shape index (κ2) is 10.1. The molecule has 0 N–H and O–H groups in total. The van der Waals surface area contributed by atoms with Gasteiger partial charge in [0.25, 0.3) is 0 Å². The lowest BCUT2D eigenvalue weighted by Crippen LogP contribution is -2.14. The third-order valence-electron chi connectivity index (χ3n) is 5.12. The van der Waals surface area contributed by atoms with E-state index in [1.807, 2.05) is 56.4 Å². The molecule has 4 heteroatoms. The third-order valence-corrected chi connectivity index (χ3v) is 5.12. The molecule has 2 rings (SSSR count). The molecule has 0 spiro atoms. The summed E-state index contributed by atoms with van der Waals surface area (Å²) in [5.74, 6) is -0.277. The molecule has 2 aromatic carbocycles. The van der Waals surface area contributed by atoms with E-state index in [4.69, 9.17) is 4.74 Å². The van der Waals surface area contributed by atoms with E-state index in [1.165, 1.54) is 5.56 Å². The standard InChI is InChI=1S/C24H32N2O2/c1-7-9-23(20-12-10-17(3)11-13-20)28-24(27)21-14-15-22(19(5)18(21)4)25-16-26(6)8-2/h10-16,23H,7-9H2,1-6H3. The fourth-order valence-corrected chi connectivity index (χ4v) is 2.94. The number of hydrogen-bond acceptors (Lipinski definition) is 3. The summed E-state index contributed by atoms with van der Waals surface area (Å²) >= 11 is 0. The van der Waals surface area contributed by atoms with Gasteiger partial charge in [-0.3, -0.25) is 0 Å². The Bertz CT molecular complexity index is 825. The summed E-state index contributed by atoms with van der Waals surface area (Å²) in [5.41, 5.74) is 5.63. The van der Waals surface area contributed by atoms with Crippen molar-refractivity contribution in [2.75, 3.05) is 13.6 Å². The summed E-state index contributed by atoms with van der Waals surface area (Å²) in [6, 6.07) is 11.9. The van der Waals surface area contributed by atoms with E-state index in [-0.39, 0.29) is 12.1 Å². The molecule has 28 heavy (non-hydrogen) atoms. The number of rotatable bonds is 8. The van der Waals surface area contributed by atoms with E-state index < -0.39 is 0 Å². The van der Waals surface area contributed by atoms with Crippen molar-refractivity contribution in [1.29, 1.82) is 0 Å². The first-order valence-electron chi connectivity index (χ1n) is 9.99. The highest BCUT2D eigenvalue weighted by Crippen LogP contribution is 2.28. The molecule has 0 aliphatic rings. The number of esters is 1. The summed E-state index contributed by atoms with van der Waals surface area (Å²) in [5, 5.41) is 0. The second-order valence-electron chi connectivity index (χ2n) is 7.29. The number of hydrogen-bond donors (Lipinski definition) is 0. The minimum atomic E-state index is -0.277. The van der Waals surface area contributed by atoms with Crippen LogP contribution in [0.1, 0.15) is 65.4 Å². The maximum atomic E-state index is 12.9. The van der Waals surface area contributed by atoms with E-state index in [0.717, 1.165) is 41.8 Å². The van der Waals surface area contributed by atoms with Crippen LogP contribution >= 0.6 is 0 Å². The molecule has 0 saturated carbocycles. The van der Waals surface area contributed by atoms with Crippen LogP contribution in [0.25, 0.3) is 0 Å². The van der Waals surface area contributed by atoms with E-state index in [2.05, 4.69) is 37.9 Å². The van der Waals surface area contributed by atoms with Gasteiger partial charge in [0.1, 0.15) is 6.10 Å². The van der Waals surface area contributed by atoms with Gasteiger partial charge in [-0.05, 0) is 62.9 Å². The van der Waals surface area contributed by atoms with Crippen molar-refractivity contribution in [3.63, 3.8) is 0 Å². The molecule has 4 nitrogen and oxygen atoms in total. The number of carbonyl (C=O) groups is 1. The topological polar surface area (TPSA) is 41.9 Å². The molecule has 1 atom stereocenters. The van der Waals surface area contributed by atoms with Crippen LogP contribution < -0.4 is 0 Å². The van der Waals surface area contributed by atoms with Gasteiger partial charge in [0, 0.05) is 13.6 Å². The molecule has 2 aromatic rings. The average Bonchev–Trinajstić information content (AvgIpc) is 2.69. The fraction of sp³-hybridized carbons (Fsp3) is 0.417. The molecule has 0 heterocycles. The SMILES string of the molecule is CCCC(OC(=O)c1ccc(N=CN(C)CC)c(C)c1C)c1ccc(C)cc1. The van der Waals surface area contributed by atoms with E-state index in [0.29, 0.717) is 5.56 Å². The second-order valence-corrected chi connectivity index (χ2v) is 7.29. The quantitative estimate of drug-likeness (QED) is 0.324. The Morgan fingerprint density at radius 3 is 2.36 bits per heavy atom. The molecule has 0 saturated heterocycles. The Balaban J connectivity index is 2.23. The Labute approximate surface area is 169 Å². The Morgan fingerprint density at radius 2 is 1.75 bits per heavy atom. The Kier molecular flexibility index (Phi) is 7.80. The first-order chi connectivity index (χ1) is 13.4. The van der Waals surface area contributed by atoms with Gasteiger partial charge in [-0.1, -0.05) is 43.2 Å². The monoisotopic (exact) mass is 380 g/mol. The lowest BCUT2D eigenvalue weighted by molar-refractivity contribution is 0.0274. The molecule has 0 amide bonds. The molecule has 150 valence electrons. The van der Waals surface area contributed by atoms with Gasteiger partial charge in [-0.25, -0.2) is 9.79 Å². The lowest BCUT2D eigenvalue weighted by Gasteiger charge is -2.19. The summed E-state index contributed by atoms with van der Waals surface area (Å²) in [4.78, 5) is 19.4. The predicted octanol–water partition coefficient (Wildman–Crippen LogP) is 5.92. The fourth-order valence-electron chi connectivity index (χ4n) is 2.94. The van der Waals surface area contributed by atoms with Gasteiger partial charge in [0.05, 0.1) is 17.6 Å². The predicted molar refractivity (Wildman–Crippen MR) is 117 cm³/mol. The van der Waals surface area contributed by atoms with Crippen LogP contribution in [-0.4, -0.2) is 30.8 Å². The van der Waals surface area contributed by atoms with E-state index in [9.17, 15) is 4.79 Å². The smallest absolute Gasteiger partial charge is 0.339 e. The summed E-state index contributed by atoms with van der Waals surface area (Å²) in [6.45, 7) is 11.1. The maximum Gasteiger partial charge on any atom is 0.339 e. The van der Waals surface area contributed by atoms with Crippen LogP contribution in [0, 0.1) is 20.8 Å². The minimum absolute atomic E-state index is 0.228. The van der Waals surface area contributed by atoms with Gasteiger partial charge in [0.2, 0.25) is 0 Å². The summed E-state index contributed by atoms with van der Waals surface area (Å²) in [6.07, 6.45) is 3.34. The zero-order valence-electron chi connectivity index (χ0n) is 18.0. The van der Waals surface area contributed by atoms with Gasteiger partial charge in [-0.2, -0.15) is 0 Å². The molecule has 0 aromatic heterocycles. The number of aliphatic imine (C=N–C) groups is 1. The van der Waals surface area contributed by atoms with Crippen LogP contribution in [0.4, 0.5) is 5.69 Å². The normalized spacial score (nSPS) is 12.2. The van der Waals surface area contributed by atoms with Crippen molar-refractivity contribution < 1.29 is 9.53 Å². The number of nitrogens with zero attached hydrogens (tertiary/aromatic N) is 2. The molecule has 0 bridgehead atoms. The largest absolute Gasteiger partial charge is 0.454 e. The number of carbonyl (C=O) groups excluding carboxylic acids is 1. The summed E-state index contributed by atoms with van der Waals surface area (Å²) < 4.78 is 5.91. The van der Waals surface area contributed by atoms with E-state index in [1.54, 1.807) is 0 Å². The van der Waals surface area contributed by atoms with Crippen molar-refractivity contribution in [2.45, 2.75) is 53.6 Å². The highest BCUT2D eigenvalue weighted by molar-refractivity contribution is 5.92. The average molecular weight is 381 g/mol. The number of ether oxygens (including phenoxy) is 1. The van der Waals surface area contributed by atoms with Crippen LogP contribution in [0.15, 0.2) is 41.4 Å². The third kappa shape index (κ3) is 5.44. The van der Waals surface area contributed by atoms with Crippen LogP contribution in [0.5, 0.6) is 0 Å². The molecule has 0 fully saturated rings. The Morgan fingerprint density at radius 1 is 1.07 bits per heavy atom. The minimum Gasteiger partial charge on any atom is -0.454 e. The van der Waals surface area contributed by atoms with Crippen molar-refractivity contribution in [1.82, 2.24) is 4.90 Å². The highest BCUT2D eigenvalue weighted by Gasteiger charge is 2.20. The molecule has 0 aliphatic carbocycles. The maximum absolute atomic E-state index is 12.9. The van der Waals surface area contributed by atoms with Gasteiger partial charge >= 0.3 is 5.97 Å². The van der Waals surface area contributed by atoms with Crippen molar-refractivity contribution in [3.8, 4) is 0 Å². The van der Waals surface area contributed by atoms with Crippen molar-refractivity contribution in [2.24, 2.45) is 4.99 Å². The number of aryl methyl sites for hydroxylation is 1. The zero-order chi connectivity index (χ0) is 20.7. The molecule has 0 aliphatic heterocycles. The van der Waals surface area contributed by atoms with E-state index >= 15 is 0 Å². The summed E-state index contributed by atoms with van der Waals surface area (Å²) in [7, 11) is 1.98. The van der Waals surface area contributed by atoms with Gasteiger partial charge in [-0.15, -0.1) is 0 Å². The van der Waals surface area contributed by atoms with Gasteiger partial charge in [0.15, 0.2) is 0 Å². The first kappa shape index (κ1) is 21.7. The molecular weight excluding hydrogens is 348 g/mol. The van der Waals surface area contributed by atoms with Crippen molar-refractivity contribution >= 4 is 18.0 Å². The molecule has 1 unspecified atom stereocenters. The number of benzene rings is 2. The Hall–Kier alpha value is -2.62. The van der Waals surface area contributed by atoms with Gasteiger partial charge < -0.3 is 9.64 Å². The highest BCUT2D eigenvalue weighted by atomic mass is 16.5. The van der Waals surface area contributed by atoms with Crippen LogP contribution in [0.3, 0.4) is 0 Å². The molecular formula is C24H32N2O2. The van der Waals surface area contributed by atoms with Crippen molar-refractivity contribution in [3.05, 3.63) is 64.2 Å². The lowest BCUT2D eigenvalue weighted by atomic mass is 10.0. The zero-order valence-corrected chi connectivity index (χ0v) is 18.0. The van der Waals surface area contributed by atoms with Crippen LogP contribution in [0.2, 0.25) is 0 Å². The molecule has 0 radical (unpaired) electrons. The van der Waals surface area contributed by atoms with Crippen LogP contribution in [-0.2, 0) is 4.74 Å².